The Kier molecular flexibility index (Phi) is 6.58. The van der Waals surface area contributed by atoms with E-state index in [1.165, 1.54) is 12.3 Å². The number of halogens is 3. The van der Waals surface area contributed by atoms with Crippen LogP contribution in [0.1, 0.15) is 35.5 Å². The van der Waals surface area contributed by atoms with Crippen LogP contribution in [0.2, 0.25) is 0 Å². The van der Waals surface area contributed by atoms with Gasteiger partial charge in [0.15, 0.2) is 11.5 Å². The molecule has 0 bridgehead atoms. The molecule has 1 heterocycles. The van der Waals surface area contributed by atoms with Crippen molar-refractivity contribution in [1.82, 2.24) is 15.3 Å². The van der Waals surface area contributed by atoms with Gasteiger partial charge in [0.05, 0.1) is 30.0 Å². The van der Waals surface area contributed by atoms with Crippen molar-refractivity contribution in [3.05, 3.63) is 41.2 Å². The van der Waals surface area contributed by atoms with Crippen LogP contribution in [-0.2, 0) is 5.60 Å². The number of amides is 1. The number of nitrogens with two attached hydrogens (primary N) is 1. The predicted molar refractivity (Wildman–Crippen MR) is 105 cm³/mol. The van der Waals surface area contributed by atoms with Gasteiger partial charge >= 0.3 is 6.18 Å². The summed E-state index contributed by atoms with van der Waals surface area (Å²) in [5.74, 6) is -0.905. The van der Waals surface area contributed by atoms with Gasteiger partial charge in [-0.15, -0.1) is 0 Å². The SMILES string of the molecule is Cc1ccc([C@](O)(CO)C(F)(F)F)cc1-c1cnc(N)c(C(=O)NCC(C)(C)C#N)n1. The Hall–Kier alpha value is -3.23. The van der Waals surface area contributed by atoms with Gasteiger partial charge in [-0.1, -0.05) is 12.1 Å². The van der Waals surface area contributed by atoms with Crippen LogP contribution >= 0.6 is 0 Å². The molecule has 0 radical (unpaired) electrons. The second-order valence-electron chi connectivity index (χ2n) is 7.71. The van der Waals surface area contributed by atoms with Crippen molar-refractivity contribution in [3.63, 3.8) is 0 Å². The summed E-state index contributed by atoms with van der Waals surface area (Å²) in [5, 5.41) is 30.8. The summed E-state index contributed by atoms with van der Waals surface area (Å²) in [6.07, 6.45) is -3.94. The fourth-order valence-electron chi connectivity index (χ4n) is 2.62. The van der Waals surface area contributed by atoms with E-state index in [9.17, 15) is 28.2 Å². The summed E-state index contributed by atoms with van der Waals surface area (Å²) in [4.78, 5) is 20.5. The Morgan fingerprint density at radius 2 is 1.97 bits per heavy atom. The topological polar surface area (TPSA) is 145 Å². The minimum atomic E-state index is -5.13. The number of nitrogen functional groups attached to an aromatic ring is 1. The summed E-state index contributed by atoms with van der Waals surface area (Å²) >= 11 is 0. The highest BCUT2D eigenvalue weighted by Crippen LogP contribution is 2.40. The molecule has 1 amide bonds. The minimum Gasteiger partial charge on any atom is -0.393 e. The number of carbonyl (C=O) groups excluding carboxylic acids is 1. The standard InChI is InChI=1S/C20H22F3N5O3/c1-11-4-5-12(19(31,10-29)20(21,22)23)6-13(11)14-7-26-16(25)15(28-14)17(30)27-9-18(2,3)8-24/h4-7,29,31H,9-10H2,1-3H3,(H2,25,26)(H,27,30)/t19-/m1/s1. The summed E-state index contributed by atoms with van der Waals surface area (Å²) < 4.78 is 40.0. The number of hydrogen-bond donors (Lipinski definition) is 4. The molecule has 0 aliphatic rings. The normalized spacial score (nSPS) is 13.9. The van der Waals surface area contributed by atoms with Crippen molar-refractivity contribution in [1.29, 1.82) is 5.26 Å². The molecule has 1 aromatic carbocycles. The van der Waals surface area contributed by atoms with Crippen molar-refractivity contribution >= 4 is 11.7 Å². The molecule has 0 fully saturated rings. The quantitative estimate of drug-likeness (QED) is 0.541. The van der Waals surface area contributed by atoms with Crippen molar-refractivity contribution in [2.45, 2.75) is 32.5 Å². The number of nitrogens with one attached hydrogen (secondary N) is 1. The molecule has 0 aliphatic carbocycles. The number of nitriles is 1. The summed E-state index contributed by atoms with van der Waals surface area (Å²) in [5.41, 5.74) is 1.26. The molecular weight excluding hydrogens is 415 g/mol. The zero-order valence-corrected chi connectivity index (χ0v) is 17.1. The maximum absolute atomic E-state index is 13.3. The number of aryl methyl sites for hydroxylation is 1. The van der Waals surface area contributed by atoms with E-state index in [1.54, 1.807) is 20.8 Å². The van der Waals surface area contributed by atoms with E-state index in [4.69, 9.17) is 11.0 Å². The molecule has 5 N–H and O–H groups in total. The molecule has 8 nitrogen and oxygen atoms in total. The lowest BCUT2D eigenvalue weighted by molar-refractivity contribution is -0.277. The Morgan fingerprint density at radius 3 is 2.52 bits per heavy atom. The Balaban J connectivity index is 2.50. The first kappa shape index (κ1) is 24.0. The maximum atomic E-state index is 13.3. The fraction of sp³-hybridized carbons (Fsp3) is 0.400. The smallest absolute Gasteiger partial charge is 0.393 e. The number of rotatable bonds is 6. The van der Waals surface area contributed by atoms with E-state index >= 15 is 0 Å². The molecular formula is C20H22F3N5O3. The first-order valence-electron chi connectivity index (χ1n) is 9.09. The number of hydrogen-bond acceptors (Lipinski definition) is 7. The van der Waals surface area contributed by atoms with Crippen molar-refractivity contribution in [3.8, 4) is 17.3 Å². The second-order valence-corrected chi connectivity index (χ2v) is 7.71. The van der Waals surface area contributed by atoms with Crippen LogP contribution in [0, 0.1) is 23.7 Å². The third kappa shape index (κ3) is 4.92. The third-order valence-corrected chi connectivity index (χ3v) is 4.70. The highest BCUT2D eigenvalue weighted by molar-refractivity contribution is 5.96. The maximum Gasteiger partial charge on any atom is 0.423 e. The van der Waals surface area contributed by atoms with E-state index in [0.717, 1.165) is 12.1 Å². The molecule has 11 heteroatoms. The first-order valence-corrected chi connectivity index (χ1v) is 9.09. The lowest BCUT2D eigenvalue weighted by atomic mass is 9.90. The van der Waals surface area contributed by atoms with Crippen LogP contribution in [0.25, 0.3) is 11.3 Å². The van der Waals surface area contributed by atoms with Gasteiger partial charge < -0.3 is 21.3 Å². The number of anilines is 1. The van der Waals surface area contributed by atoms with Gasteiger partial charge in [0.2, 0.25) is 5.60 Å². The average molecular weight is 437 g/mol. The molecule has 0 saturated heterocycles. The lowest BCUT2D eigenvalue weighted by Crippen LogP contribution is -2.45. The molecule has 2 rings (SSSR count). The summed E-state index contributed by atoms with van der Waals surface area (Å²) in [6, 6.07) is 5.43. The van der Waals surface area contributed by atoms with Crippen molar-refractivity contribution in [2.75, 3.05) is 18.9 Å². The van der Waals surface area contributed by atoms with Crippen LogP contribution < -0.4 is 11.1 Å². The predicted octanol–water partition coefficient (Wildman–Crippen LogP) is 2.06. The largest absolute Gasteiger partial charge is 0.423 e. The van der Waals surface area contributed by atoms with Crippen molar-refractivity contribution in [2.24, 2.45) is 5.41 Å². The molecule has 0 aliphatic heterocycles. The fourth-order valence-corrected chi connectivity index (χ4v) is 2.62. The van der Waals surface area contributed by atoms with Crippen LogP contribution in [0.3, 0.4) is 0 Å². The molecule has 0 saturated carbocycles. The average Bonchev–Trinajstić information content (AvgIpc) is 2.71. The highest BCUT2D eigenvalue weighted by Gasteiger charge is 2.54. The molecule has 0 unspecified atom stereocenters. The number of aromatic nitrogens is 2. The van der Waals surface area contributed by atoms with Gasteiger partial charge in [-0.3, -0.25) is 4.79 Å². The monoisotopic (exact) mass is 437 g/mol. The minimum absolute atomic E-state index is 0.0112. The number of benzene rings is 1. The zero-order valence-electron chi connectivity index (χ0n) is 17.1. The number of nitrogens with zero attached hydrogens (tertiary/aromatic N) is 3. The van der Waals surface area contributed by atoms with E-state index in [-0.39, 0.29) is 29.3 Å². The number of aliphatic hydroxyl groups is 2. The molecule has 166 valence electrons. The van der Waals surface area contributed by atoms with E-state index in [2.05, 4.69) is 15.3 Å². The van der Waals surface area contributed by atoms with Gasteiger partial charge in [-0.05, 0) is 38.0 Å². The van der Waals surface area contributed by atoms with Gasteiger partial charge in [-0.25, -0.2) is 9.97 Å². The number of alkyl halides is 3. The van der Waals surface area contributed by atoms with Crippen LogP contribution in [0.4, 0.5) is 19.0 Å². The van der Waals surface area contributed by atoms with Crippen molar-refractivity contribution < 1.29 is 28.2 Å². The molecule has 0 spiro atoms. The molecule has 1 atom stereocenters. The number of aliphatic hydroxyl groups excluding tert-OH is 1. The van der Waals surface area contributed by atoms with Gasteiger partial charge in [0.1, 0.15) is 0 Å². The highest BCUT2D eigenvalue weighted by atomic mass is 19.4. The Morgan fingerprint density at radius 1 is 1.32 bits per heavy atom. The first-order chi connectivity index (χ1) is 14.3. The summed E-state index contributed by atoms with van der Waals surface area (Å²) in [6.45, 7) is 3.27. The van der Waals surface area contributed by atoms with Crippen LogP contribution in [0.15, 0.2) is 24.4 Å². The molecule has 31 heavy (non-hydrogen) atoms. The zero-order chi connectivity index (χ0) is 23.6. The summed E-state index contributed by atoms with van der Waals surface area (Å²) in [7, 11) is 0. The van der Waals surface area contributed by atoms with Gasteiger partial charge in [0.25, 0.3) is 5.91 Å². The van der Waals surface area contributed by atoms with E-state index < -0.39 is 35.3 Å². The second kappa shape index (κ2) is 8.49. The number of carbonyl (C=O) groups is 1. The lowest BCUT2D eigenvalue weighted by Gasteiger charge is -2.29. The molecule has 2 aromatic rings. The van der Waals surface area contributed by atoms with E-state index in [0.29, 0.717) is 5.56 Å². The Bertz CT molecular complexity index is 1030. The van der Waals surface area contributed by atoms with Crippen LogP contribution in [-0.4, -0.2) is 45.4 Å². The van der Waals surface area contributed by atoms with Gasteiger partial charge in [0, 0.05) is 12.1 Å². The third-order valence-electron chi connectivity index (χ3n) is 4.70. The molecule has 1 aromatic heterocycles. The van der Waals surface area contributed by atoms with Gasteiger partial charge in [-0.2, -0.15) is 18.4 Å². The van der Waals surface area contributed by atoms with E-state index in [1.807, 2.05) is 6.07 Å². The Labute approximate surface area is 176 Å². The van der Waals surface area contributed by atoms with Crippen LogP contribution in [0.5, 0.6) is 0 Å².